The maximum Gasteiger partial charge on any atom is 0.346 e. The third kappa shape index (κ3) is 15.9. The molecule has 2 rings (SSSR count). The number of nitrogens with two attached hydrogens (primary N) is 2. The molecular weight excluding hydrogens is 544 g/mol. The Bertz CT molecular complexity index is 877. The van der Waals surface area contributed by atoms with Gasteiger partial charge in [0.2, 0.25) is 12.0 Å². The van der Waals surface area contributed by atoms with E-state index in [1.807, 2.05) is 13.8 Å². The molecule has 0 bridgehead atoms. The van der Waals surface area contributed by atoms with Crippen molar-refractivity contribution in [1.82, 2.24) is 10.2 Å². The molecule has 1 aliphatic carbocycles. The van der Waals surface area contributed by atoms with Crippen LogP contribution in [0, 0.1) is 11.8 Å². The summed E-state index contributed by atoms with van der Waals surface area (Å²) in [7, 11) is 1.67. The van der Waals surface area contributed by atoms with Crippen LogP contribution < -0.4 is 16.8 Å². The largest absolute Gasteiger partial charge is 0.481 e. The summed E-state index contributed by atoms with van der Waals surface area (Å²) in [5, 5.41) is 37.9. The number of esters is 1. The maximum absolute atomic E-state index is 11.8. The van der Waals surface area contributed by atoms with Crippen LogP contribution in [-0.4, -0.2) is 105 Å². The number of hydrogen-bond acceptors (Lipinski definition) is 10. The Labute approximate surface area is 239 Å². The minimum Gasteiger partial charge on any atom is -0.481 e. The van der Waals surface area contributed by atoms with Crippen LogP contribution in [0.4, 0.5) is 0 Å². The molecule has 0 aromatic carbocycles. The highest BCUT2D eigenvalue weighted by Crippen LogP contribution is 2.24. The van der Waals surface area contributed by atoms with Gasteiger partial charge in [0.05, 0.1) is 5.92 Å². The van der Waals surface area contributed by atoms with Gasteiger partial charge in [-0.1, -0.05) is 26.7 Å². The van der Waals surface area contributed by atoms with E-state index in [0.29, 0.717) is 31.7 Å². The average molecular weight is 591 g/mol. The lowest BCUT2D eigenvalue weighted by Gasteiger charge is -2.25. The highest BCUT2D eigenvalue weighted by atomic mass is 16.6. The first-order valence-corrected chi connectivity index (χ1v) is 13.7. The van der Waals surface area contributed by atoms with E-state index in [-0.39, 0.29) is 31.3 Å². The Balaban J connectivity index is 0.000000724. The molecular formula is C26H46N4O11. The highest BCUT2D eigenvalue weighted by molar-refractivity contribution is 5.82. The summed E-state index contributed by atoms with van der Waals surface area (Å²) >= 11 is 0. The van der Waals surface area contributed by atoms with Gasteiger partial charge in [0, 0.05) is 13.0 Å². The molecule has 1 aliphatic heterocycles. The fourth-order valence-electron chi connectivity index (χ4n) is 4.33. The number of carboxylic acids is 4. The van der Waals surface area contributed by atoms with Crippen LogP contribution in [0.5, 0.6) is 0 Å². The Kier molecular flexibility index (Phi) is 18.1. The van der Waals surface area contributed by atoms with E-state index < -0.39 is 53.9 Å². The number of hydrogen-bond donors (Lipinski definition) is 7. The highest BCUT2D eigenvalue weighted by Gasteiger charge is 2.35. The van der Waals surface area contributed by atoms with Gasteiger partial charge in [0.25, 0.3) is 0 Å². The summed E-state index contributed by atoms with van der Waals surface area (Å²) in [6.07, 6.45) is 4.03. The van der Waals surface area contributed by atoms with Crippen molar-refractivity contribution in [1.29, 1.82) is 0 Å². The van der Waals surface area contributed by atoms with E-state index in [1.165, 1.54) is 4.90 Å². The van der Waals surface area contributed by atoms with E-state index >= 15 is 0 Å². The number of likely N-dealkylation sites (N-methyl/N-ethyl adjacent to an activating group) is 1. The zero-order valence-corrected chi connectivity index (χ0v) is 24.0. The van der Waals surface area contributed by atoms with Crippen molar-refractivity contribution in [2.45, 2.75) is 95.9 Å². The van der Waals surface area contributed by atoms with Gasteiger partial charge in [-0.3, -0.25) is 28.9 Å². The minimum atomic E-state index is -1.53. The van der Waals surface area contributed by atoms with Gasteiger partial charge in [-0.05, 0) is 58.0 Å². The van der Waals surface area contributed by atoms with Crippen LogP contribution in [-0.2, 0) is 33.5 Å². The number of likely N-dealkylation sites (tertiary alicyclic amines) is 1. The molecule has 0 spiro atoms. The van der Waals surface area contributed by atoms with E-state index in [2.05, 4.69) is 5.32 Å². The summed E-state index contributed by atoms with van der Waals surface area (Å²) in [5.41, 5.74) is 10.5. The summed E-state index contributed by atoms with van der Waals surface area (Å²) in [4.78, 5) is 66.8. The zero-order chi connectivity index (χ0) is 31.7. The molecule has 2 fully saturated rings. The van der Waals surface area contributed by atoms with E-state index in [1.54, 1.807) is 7.05 Å². The van der Waals surface area contributed by atoms with Crippen LogP contribution >= 0.6 is 0 Å². The predicted molar refractivity (Wildman–Crippen MR) is 146 cm³/mol. The van der Waals surface area contributed by atoms with Gasteiger partial charge in [-0.15, -0.1) is 0 Å². The van der Waals surface area contributed by atoms with Gasteiger partial charge in [0.15, 0.2) is 0 Å². The van der Waals surface area contributed by atoms with Crippen LogP contribution in [0.3, 0.4) is 0 Å². The van der Waals surface area contributed by atoms with Crippen LogP contribution in [0.1, 0.15) is 71.6 Å². The fraction of sp³-hybridized carbons (Fsp3) is 0.769. The van der Waals surface area contributed by atoms with Crippen LogP contribution in [0.25, 0.3) is 0 Å². The molecule has 236 valence electrons. The lowest BCUT2D eigenvalue weighted by atomic mass is 10.0. The fourth-order valence-corrected chi connectivity index (χ4v) is 4.33. The van der Waals surface area contributed by atoms with E-state index in [9.17, 15) is 28.8 Å². The molecule has 1 saturated carbocycles. The summed E-state index contributed by atoms with van der Waals surface area (Å²) in [6, 6.07) is -2.35. The third-order valence-electron chi connectivity index (χ3n) is 6.65. The number of nitrogens with zero attached hydrogens (tertiary/aromatic N) is 1. The first kappa shape index (κ1) is 37.7. The number of nitrogens with one attached hydrogen (secondary N) is 1. The summed E-state index contributed by atoms with van der Waals surface area (Å²) in [5.74, 6) is -5.01. The Morgan fingerprint density at radius 2 is 1.51 bits per heavy atom. The predicted octanol–water partition coefficient (Wildman–Crippen LogP) is 0.0909. The SMILES string of the molecule is CN[C@@H](CC(C)C)C(=O)O.NC(=O)CC[C@H](N)C(=O)OC(CN1CCC[C@H]1C(=O)O)C(=O)O.O=C(O)C1CCCC1. The van der Waals surface area contributed by atoms with Gasteiger partial charge >= 0.3 is 29.8 Å². The number of carbonyl (C=O) groups excluding carboxylic acids is 2. The van der Waals surface area contributed by atoms with Crippen LogP contribution in [0.2, 0.25) is 0 Å². The first-order chi connectivity index (χ1) is 19.1. The molecule has 9 N–H and O–H groups in total. The third-order valence-corrected chi connectivity index (χ3v) is 6.65. The van der Waals surface area contributed by atoms with Gasteiger partial charge in [0.1, 0.15) is 18.1 Å². The molecule has 41 heavy (non-hydrogen) atoms. The lowest BCUT2D eigenvalue weighted by molar-refractivity contribution is -0.167. The first-order valence-electron chi connectivity index (χ1n) is 13.7. The Hall–Kier alpha value is -3.30. The molecule has 4 atom stereocenters. The number of carboxylic acid groups (broad SMARTS) is 4. The molecule has 1 unspecified atom stereocenters. The van der Waals surface area contributed by atoms with Crippen LogP contribution in [0.15, 0.2) is 0 Å². The molecule has 0 aromatic heterocycles. The number of rotatable bonds is 14. The number of amides is 1. The number of ether oxygens (including phenoxy) is 1. The second-order valence-electron chi connectivity index (χ2n) is 10.5. The molecule has 15 nitrogen and oxygen atoms in total. The van der Waals surface area contributed by atoms with Crippen molar-refractivity contribution >= 4 is 35.8 Å². The monoisotopic (exact) mass is 590 g/mol. The number of primary amides is 1. The van der Waals surface area contributed by atoms with Crippen molar-refractivity contribution < 1.29 is 53.9 Å². The maximum atomic E-state index is 11.8. The summed E-state index contributed by atoms with van der Waals surface area (Å²) in [6.45, 7) is 4.19. The van der Waals surface area contributed by atoms with Gasteiger partial charge in [-0.2, -0.15) is 0 Å². The quantitative estimate of drug-likeness (QED) is 0.132. The number of carbonyl (C=O) groups is 6. The molecule has 0 radical (unpaired) electrons. The van der Waals surface area contributed by atoms with Crippen molar-refractivity contribution in [2.24, 2.45) is 23.3 Å². The Morgan fingerprint density at radius 3 is 1.88 bits per heavy atom. The summed E-state index contributed by atoms with van der Waals surface area (Å²) < 4.78 is 4.85. The van der Waals surface area contributed by atoms with Gasteiger partial charge in [-0.25, -0.2) is 4.79 Å². The van der Waals surface area contributed by atoms with Crippen molar-refractivity contribution in [3.05, 3.63) is 0 Å². The van der Waals surface area contributed by atoms with Gasteiger partial charge < -0.3 is 41.9 Å². The van der Waals surface area contributed by atoms with E-state index in [0.717, 1.165) is 25.7 Å². The number of aliphatic carboxylic acids is 4. The van der Waals surface area contributed by atoms with E-state index in [4.69, 9.17) is 36.6 Å². The van der Waals surface area contributed by atoms with Crippen molar-refractivity contribution in [3.8, 4) is 0 Å². The standard InChI is InChI=1S/C13H21N3O7.C7H15NO2.C6H10O2/c14-7(3-4-10(15)17)13(22)23-9(12(20)21)6-16-5-1-2-8(16)11(18)19;1-5(2)4-6(8-3)7(9)10;7-6(8)5-3-1-2-4-5/h7-9H,1-6,14H2,(H2,15,17)(H,18,19)(H,20,21);5-6,8H,4H2,1-3H3,(H,9,10);5H,1-4H2,(H,7,8)/t7-,8-,9?;6-;/m00./s1. The molecule has 2 aliphatic rings. The average Bonchev–Trinajstić information content (AvgIpc) is 3.58. The second-order valence-corrected chi connectivity index (χ2v) is 10.5. The smallest absolute Gasteiger partial charge is 0.346 e. The molecule has 0 aromatic rings. The normalized spacial score (nSPS) is 19.1. The second kappa shape index (κ2) is 19.7. The minimum absolute atomic E-state index is 0.0185. The molecule has 1 saturated heterocycles. The van der Waals surface area contributed by atoms with Crippen molar-refractivity contribution in [2.75, 3.05) is 20.1 Å². The Morgan fingerprint density at radius 1 is 0.927 bits per heavy atom. The molecule has 15 heteroatoms. The topological polar surface area (TPSA) is 260 Å². The molecule has 1 heterocycles. The molecule has 1 amide bonds. The zero-order valence-electron chi connectivity index (χ0n) is 24.0. The lowest BCUT2D eigenvalue weighted by Crippen LogP contribution is -2.46. The van der Waals surface area contributed by atoms with Crippen molar-refractivity contribution in [3.63, 3.8) is 0 Å².